The number of aliphatic imine (C=N–C) groups is 1. The van der Waals surface area contributed by atoms with Crippen LogP contribution >= 0.6 is 11.8 Å². The van der Waals surface area contributed by atoms with Crippen LogP contribution in [0.3, 0.4) is 0 Å². The Morgan fingerprint density at radius 1 is 1.11 bits per heavy atom. The van der Waals surface area contributed by atoms with Gasteiger partial charge < -0.3 is 14.8 Å². The molecule has 1 atom stereocenters. The first-order valence-corrected chi connectivity index (χ1v) is 9.01. The van der Waals surface area contributed by atoms with E-state index in [0.717, 1.165) is 17.5 Å². The number of nitrogens with zero attached hydrogens (tertiary/aromatic N) is 2. The molecule has 1 aliphatic rings. The number of thioether (sulfide) groups is 1. The Bertz CT molecular complexity index is 883. The van der Waals surface area contributed by atoms with Gasteiger partial charge in [-0.2, -0.15) is 0 Å². The fourth-order valence-corrected chi connectivity index (χ4v) is 3.49. The fourth-order valence-electron chi connectivity index (χ4n) is 2.45. The lowest BCUT2D eigenvalue weighted by Gasteiger charge is -2.10. The van der Waals surface area contributed by atoms with Crippen molar-refractivity contribution in [3.8, 4) is 11.5 Å². The summed E-state index contributed by atoms with van der Waals surface area (Å²) in [6.45, 7) is 0. The van der Waals surface area contributed by atoms with Crippen LogP contribution in [0.15, 0.2) is 53.5 Å². The average Bonchev–Trinajstić information content (AvgIpc) is 2.97. The zero-order chi connectivity index (χ0) is 19.4. The first-order chi connectivity index (χ1) is 13.0. The molecule has 3 rings (SSSR count). The van der Waals surface area contributed by atoms with Gasteiger partial charge in [0.15, 0.2) is 10.4 Å². The highest BCUT2D eigenvalue weighted by atomic mass is 32.2. The molecule has 27 heavy (non-hydrogen) atoms. The Morgan fingerprint density at radius 2 is 1.81 bits per heavy atom. The summed E-state index contributed by atoms with van der Waals surface area (Å²) in [7, 11) is 4.75. The molecule has 0 aliphatic carbocycles. The van der Waals surface area contributed by atoms with Crippen LogP contribution in [0.2, 0.25) is 0 Å². The molecule has 2 amide bonds. The summed E-state index contributed by atoms with van der Waals surface area (Å²) in [5.41, 5.74) is 1.24. The molecule has 0 unspecified atom stereocenters. The second kappa shape index (κ2) is 8.13. The third-order valence-corrected chi connectivity index (χ3v) is 5.17. The van der Waals surface area contributed by atoms with Crippen LogP contribution in [0.1, 0.15) is 0 Å². The lowest BCUT2D eigenvalue weighted by Crippen LogP contribution is -2.35. The molecule has 2 aromatic carbocycles. The van der Waals surface area contributed by atoms with Crippen molar-refractivity contribution in [1.82, 2.24) is 4.90 Å². The van der Waals surface area contributed by atoms with Gasteiger partial charge in [-0.3, -0.25) is 14.5 Å². The van der Waals surface area contributed by atoms with Crippen molar-refractivity contribution in [3.05, 3.63) is 48.5 Å². The van der Waals surface area contributed by atoms with Gasteiger partial charge in [0.05, 0.1) is 19.9 Å². The van der Waals surface area contributed by atoms with Crippen molar-refractivity contribution in [2.24, 2.45) is 4.99 Å². The minimum absolute atomic E-state index is 0.312. The quantitative estimate of drug-likeness (QED) is 0.801. The Kier molecular flexibility index (Phi) is 5.66. The van der Waals surface area contributed by atoms with E-state index in [9.17, 15) is 9.59 Å². The monoisotopic (exact) mass is 385 g/mol. The summed E-state index contributed by atoms with van der Waals surface area (Å²) in [4.78, 5) is 30.9. The molecule has 1 heterocycles. The number of carbonyl (C=O) groups is 2. The molecule has 0 radical (unpaired) electrons. The van der Waals surface area contributed by atoms with Crippen molar-refractivity contribution in [2.75, 3.05) is 26.6 Å². The first-order valence-electron chi connectivity index (χ1n) is 8.13. The molecular formula is C19H19N3O4S. The molecule has 0 bridgehead atoms. The van der Waals surface area contributed by atoms with Crippen LogP contribution < -0.4 is 14.8 Å². The number of rotatable bonds is 5. The van der Waals surface area contributed by atoms with Gasteiger partial charge in [0.2, 0.25) is 5.91 Å². The fraction of sp³-hybridized carbons (Fsp3) is 0.211. The highest BCUT2D eigenvalue weighted by Gasteiger charge is 2.40. The number of ether oxygens (including phenoxy) is 2. The van der Waals surface area contributed by atoms with Crippen molar-refractivity contribution in [2.45, 2.75) is 5.25 Å². The molecule has 2 aromatic rings. The molecular weight excluding hydrogens is 366 g/mol. The summed E-state index contributed by atoms with van der Waals surface area (Å²) in [5, 5.41) is 2.33. The summed E-state index contributed by atoms with van der Waals surface area (Å²) >= 11 is 1.12. The van der Waals surface area contributed by atoms with Gasteiger partial charge in [-0.05, 0) is 36.4 Å². The molecule has 0 aromatic heterocycles. The minimum atomic E-state index is -0.891. The predicted octanol–water partition coefficient (Wildman–Crippen LogP) is 2.90. The molecule has 140 valence electrons. The first kappa shape index (κ1) is 18.8. The average molecular weight is 385 g/mol. The van der Waals surface area contributed by atoms with Crippen LogP contribution in [-0.4, -0.2) is 48.4 Å². The summed E-state index contributed by atoms with van der Waals surface area (Å²) < 4.78 is 10.3. The van der Waals surface area contributed by atoms with Crippen molar-refractivity contribution >= 4 is 40.1 Å². The third kappa shape index (κ3) is 4.22. The Labute approximate surface area is 161 Å². The van der Waals surface area contributed by atoms with E-state index in [1.54, 1.807) is 69.8 Å². The van der Waals surface area contributed by atoms with E-state index in [2.05, 4.69) is 10.3 Å². The summed E-state index contributed by atoms with van der Waals surface area (Å²) in [5.74, 6) is 0.632. The second-order valence-corrected chi connectivity index (χ2v) is 6.78. The molecule has 7 nitrogen and oxygen atoms in total. The van der Waals surface area contributed by atoms with E-state index in [4.69, 9.17) is 9.47 Å². The summed E-state index contributed by atoms with van der Waals surface area (Å²) in [6.07, 6.45) is 0. The number of methoxy groups -OCH3 is 2. The predicted molar refractivity (Wildman–Crippen MR) is 106 cm³/mol. The Hall–Kier alpha value is -3.00. The Balaban J connectivity index is 1.74. The van der Waals surface area contributed by atoms with Gasteiger partial charge in [-0.25, -0.2) is 4.99 Å². The number of hydrogen-bond donors (Lipinski definition) is 1. The van der Waals surface area contributed by atoms with E-state index in [0.29, 0.717) is 22.3 Å². The molecule has 1 aliphatic heterocycles. The van der Waals surface area contributed by atoms with E-state index < -0.39 is 11.2 Å². The Morgan fingerprint density at radius 3 is 2.48 bits per heavy atom. The molecule has 1 N–H and O–H groups in total. The normalized spacial score (nSPS) is 17.9. The lowest BCUT2D eigenvalue weighted by atomic mass is 10.2. The van der Waals surface area contributed by atoms with E-state index in [1.807, 2.05) is 0 Å². The zero-order valence-corrected chi connectivity index (χ0v) is 15.9. The summed E-state index contributed by atoms with van der Waals surface area (Å²) in [6, 6.07) is 14.1. The van der Waals surface area contributed by atoms with Gasteiger partial charge in [-0.15, -0.1) is 0 Å². The SMILES string of the molecule is COc1ccc(N=C2S[C@H](C(=O)Nc3cccc(OC)c3)C(=O)N2C)cc1. The maximum Gasteiger partial charge on any atom is 0.251 e. The van der Waals surface area contributed by atoms with Crippen molar-refractivity contribution in [3.63, 3.8) is 0 Å². The van der Waals surface area contributed by atoms with Gasteiger partial charge in [0.1, 0.15) is 11.5 Å². The third-order valence-electron chi connectivity index (χ3n) is 3.94. The number of hydrogen-bond acceptors (Lipinski definition) is 6. The molecule has 0 spiro atoms. The van der Waals surface area contributed by atoms with Crippen LogP contribution in [0.4, 0.5) is 11.4 Å². The maximum atomic E-state index is 12.6. The topological polar surface area (TPSA) is 80.2 Å². The number of nitrogens with one attached hydrogen (secondary N) is 1. The molecule has 1 saturated heterocycles. The van der Waals surface area contributed by atoms with Crippen LogP contribution in [-0.2, 0) is 9.59 Å². The number of benzene rings is 2. The van der Waals surface area contributed by atoms with E-state index in [1.165, 1.54) is 4.90 Å². The zero-order valence-electron chi connectivity index (χ0n) is 15.1. The van der Waals surface area contributed by atoms with Gasteiger partial charge >= 0.3 is 0 Å². The number of amidine groups is 1. The molecule has 8 heteroatoms. The smallest absolute Gasteiger partial charge is 0.251 e. The lowest BCUT2D eigenvalue weighted by molar-refractivity contribution is -0.129. The maximum absolute atomic E-state index is 12.6. The van der Waals surface area contributed by atoms with Crippen molar-refractivity contribution in [1.29, 1.82) is 0 Å². The van der Waals surface area contributed by atoms with Gasteiger partial charge in [-0.1, -0.05) is 17.8 Å². The van der Waals surface area contributed by atoms with Crippen LogP contribution in [0.5, 0.6) is 11.5 Å². The minimum Gasteiger partial charge on any atom is -0.497 e. The van der Waals surface area contributed by atoms with Crippen LogP contribution in [0.25, 0.3) is 0 Å². The molecule has 0 saturated carbocycles. The number of amides is 2. The van der Waals surface area contributed by atoms with Crippen LogP contribution in [0, 0.1) is 0 Å². The van der Waals surface area contributed by atoms with Gasteiger partial charge in [0.25, 0.3) is 5.91 Å². The number of carbonyl (C=O) groups excluding carboxylic acids is 2. The standard InChI is InChI=1S/C19H19N3O4S/c1-22-18(24)16(17(23)20-13-5-4-6-15(11-13)26-3)27-19(22)21-12-7-9-14(25-2)10-8-12/h4-11,16H,1-3H3,(H,20,23)/t16-/m1/s1. The second-order valence-electron chi connectivity index (χ2n) is 5.71. The highest BCUT2D eigenvalue weighted by Crippen LogP contribution is 2.30. The largest absolute Gasteiger partial charge is 0.497 e. The van der Waals surface area contributed by atoms with Crippen molar-refractivity contribution < 1.29 is 19.1 Å². The number of anilines is 1. The highest BCUT2D eigenvalue weighted by molar-refractivity contribution is 8.16. The van der Waals surface area contributed by atoms with E-state index >= 15 is 0 Å². The van der Waals surface area contributed by atoms with E-state index in [-0.39, 0.29) is 5.91 Å². The van der Waals surface area contributed by atoms with Gasteiger partial charge in [0, 0.05) is 18.8 Å². The molecule has 1 fully saturated rings.